The first kappa shape index (κ1) is 11.3. The summed E-state index contributed by atoms with van der Waals surface area (Å²) in [5, 5.41) is 9.25. The van der Waals surface area contributed by atoms with Crippen molar-refractivity contribution in [1.82, 2.24) is 9.55 Å². The van der Waals surface area contributed by atoms with Gasteiger partial charge in [0.1, 0.15) is 0 Å². The molecule has 0 saturated carbocycles. The van der Waals surface area contributed by atoms with Crippen LogP contribution in [0.15, 0.2) is 41.5 Å². The van der Waals surface area contributed by atoms with Gasteiger partial charge in [-0.1, -0.05) is 17.7 Å². The number of carbonyl (C=O) groups is 1. The molecule has 0 atom stereocenters. The number of hydrogen-bond acceptors (Lipinski definition) is 3. The highest BCUT2D eigenvalue weighted by Crippen LogP contribution is 2.12. The number of carboxylic acids is 1. The van der Waals surface area contributed by atoms with Gasteiger partial charge >= 0.3 is 5.97 Å². The summed E-state index contributed by atoms with van der Waals surface area (Å²) in [6, 6.07) is 6.55. The van der Waals surface area contributed by atoms with Crippen molar-refractivity contribution >= 4 is 17.6 Å². The van der Waals surface area contributed by atoms with Gasteiger partial charge in [0.25, 0.3) is 5.56 Å². The van der Waals surface area contributed by atoms with Crippen LogP contribution in [-0.4, -0.2) is 20.6 Å². The number of nitrogens with zero attached hydrogens (tertiary/aromatic N) is 2. The van der Waals surface area contributed by atoms with Crippen LogP contribution in [0.5, 0.6) is 0 Å². The first-order valence-corrected chi connectivity index (χ1v) is 5.04. The molecule has 5 nitrogen and oxygen atoms in total. The zero-order valence-electron chi connectivity index (χ0n) is 8.50. The van der Waals surface area contributed by atoms with Gasteiger partial charge in [-0.15, -0.1) is 0 Å². The van der Waals surface area contributed by atoms with Crippen molar-refractivity contribution in [2.75, 3.05) is 0 Å². The van der Waals surface area contributed by atoms with E-state index >= 15 is 0 Å². The van der Waals surface area contributed by atoms with E-state index in [1.807, 2.05) is 0 Å². The summed E-state index contributed by atoms with van der Waals surface area (Å²) in [6.45, 7) is 0. The molecule has 1 aromatic carbocycles. The molecule has 1 heterocycles. The van der Waals surface area contributed by atoms with Crippen molar-refractivity contribution in [3.8, 4) is 5.69 Å². The fourth-order valence-electron chi connectivity index (χ4n) is 1.39. The summed E-state index contributed by atoms with van der Waals surface area (Å²) < 4.78 is 1.18. The molecule has 0 radical (unpaired) electrons. The number of rotatable bonds is 2. The quantitative estimate of drug-likeness (QED) is 0.878. The summed E-state index contributed by atoms with van der Waals surface area (Å²) in [7, 11) is 0. The normalized spacial score (nSPS) is 10.2. The molecule has 2 rings (SSSR count). The zero-order valence-corrected chi connectivity index (χ0v) is 9.26. The van der Waals surface area contributed by atoms with E-state index in [9.17, 15) is 9.59 Å². The first-order chi connectivity index (χ1) is 8.09. The predicted molar refractivity (Wildman–Crippen MR) is 61.8 cm³/mol. The van der Waals surface area contributed by atoms with Gasteiger partial charge in [-0.05, 0) is 18.2 Å². The number of aromatic carboxylic acids is 1. The lowest BCUT2D eigenvalue weighted by Crippen LogP contribution is -2.26. The molecule has 0 saturated heterocycles. The fourth-order valence-corrected chi connectivity index (χ4v) is 1.57. The lowest BCUT2D eigenvalue weighted by Gasteiger charge is -2.05. The van der Waals surface area contributed by atoms with Gasteiger partial charge < -0.3 is 5.11 Å². The SMILES string of the molecule is O=C(O)c1nccn(-c2cccc(Cl)c2)c1=O. The molecule has 86 valence electrons. The Morgan fingerprint density at radius 1 is 1.41 bits per heavy atom. The predicted octanol–water partition coefficient (Wildman–Crippen LogP) is 1.58. The molecule has 1 aromatic heterocycles. The second-order valence-electron chi connectivity index (χ2n) is 3.24. The molecule has 0 unspecified atom stereocenters. The maximum absolute atomic E-state index is 11.8. The van der Waals surface area contributed by atoms with Crippen LogP contribution in [0.2, 0.25) is 5.02 Å². The van der Waals surface area contributed by atoms with E-state index in [-0.39, 0.29) is 0 Å². The summed E-state index contributed by atoms with van der Waals surface area (Å²) in [5.74, 6) is -1.36. The molecular weight excluding hydrogens is 244 g/mol. The Labute approximate surface area is 101 Å². The van der Waals surface area contributed by atoms with E-state index in [0.717, 1.165) is 0 Å². The third-order valence-electron chi connectivity index (χ3n) is 2.13. The molecule has 1 N–H and O–H groups in total. The van der Waals surface area contributed by atoms with E-state index in [4.69, 9.17) is 16.7 Å². The van der Waals surface area contributed by atoms with Crippen molar-refractivity contribution in [2.45, 2.75) is 0 Å². The third kappa shape index (κ3) is 2.19. The second kappa shape index (κ2) is 4.39. The summed E-state index contributed by atoms with van der Waals surface area (Å²) in [4.78, 5) is 26.1. The van der Waals surface area contributed by atoms with Gasteiger partial charge in [-0.25, -0.2) is 9.78 Å². The summed E-state index contributed by atoms with van der Waals surface area (Å²) in [5.41, 5.74) is -0.720. The van der Waals surface area contributed by atoms with Gasteiger partial charge in [-0.2, -0.15) is 0 Å². The Hall–Kier alpha value is -2.14. The van der Waals surface area contributed by atoms with Crippen LogP contribution in [-0.2, 0) is 0 Å². The Morgan fingerprint density at radius 2 is 2.18 bits per heavy atom. The smallest absolute Gasteiger partial charge is 0.360 e. The van der Waals surface area contributed by atoms with Crippen molar-refractivity contribution in [3.63, 3.8) is 0 Å². The Kier molecular flexibility index (Phi) is 2.93. The molecule has 0 bridgehead atoms. The fraction of sp³-hybridized carbons (Fsp3) is 0. The molecule has 17 heavy (non-hydrogen) atoms. The zero-order chi connectivity index (χ0) is 12.4. The third-order valence-corrected chi connectivity index (χ3v) is 2.36. The molecule has 0 aliphatic heterocycles. The first-order valence-electron chi connectivity index (χ1n) is 4.66. The van der Waals surface area contributed by atoms with Crippen LogP contribution in [0.1, 0.15) is 10.5 Å². The van der Waals surface area contributed by atoms with Gasteiger partial charge in [0.05, 0.1) is 5.69 Å². The van der Waals surface area contributed by atoms with Crippen molar-refractivity contribution in [2.24, 2.45) is 0 Å². The number of benzene rings is 1. The van der Waals surface area contributed by atoms with E-state index in [0.29, 0.717) is 10.7 Å². The molecule has 0 amide bonds. The van der Waals surface area contributed by atoms with E-state index in [1.54, 1.807) is 24.3 Å². The largest absolute Gasteiger partial charge is 0.476 e. The van der Waals surface area contributed by atoms with E-state index in [1.165, 1.54) is 17.0 Å². The summed E-state index contributed by atoms with van der Waals surface area (Å²) >= 11 is 5.80. The molecule has 0 fully saturated rings. The molecule has 0 aliphatic rings. The van der Waals surface area contributed by atoms with Crippen LogP contribution in [0.3, 0.4) is 0 Å². The standard InChI is InChI=1S/C11H7ClN2O3/c12-7-2-1-3-8(6-7)14-5-4-13-9(10(14)15)11(16)17/h1-6H,(H,16,17). The van der Waals surface area contributed by atoms with Crippen LogP contribution in [0.4, 0.5) is 0 Å². The highest BCUT2D eigenvalue weighted by atomic mass is 35.5. The molecule has 6 heteroatoms. The Bertz CT molecular complexity index is 637. The minimum Gasteiger partial charge on any atom is -0.476 e. The Balaban J connectivity index is 2.65. The number of halogens is 1. The minimum absolute atomic E-state index is 0.461. The summed E-state index contributed by atoms with van der Waals surface area (Å²) in [6.07, 6.45) is 2.65. The maximum atomic E-state index is 11.8. The Morgan fingerprint density at radius 3 is 2.82 bits per heavy atom. The van der Waals surface area contributed by atoms with Crippen molar-refractivity contribution in [1.29, 1.82) is 0 Å². The van der Waals surface area contributed by atoms with E-state index in [2.05, 4.69) is 4.98 Å². The molecule has 2 aromatic rings. The lowest BCUT2D eigenvalue weighted by molar-refractivity contribution is 0.0688. The van der Waals surface area contributed by atoms with E-state index < -0.39 is 17.2 Å². The maximum Gasteiger partial charge on any atom is 0.360 e. The van der Waals surface area contributed by atoms with Crippen LogP contribution < -0.4 is 5.56 Å². The number of hydrogen-bond donors (Lipinski definition) is 1. The van der Waals surface area contributed by atoms with Crippen LogP contribution in [0, 0.1) is 0 Å². The monoisotopic (exact) mass is 250 g/mol. The van der Waals surface area contributed by atoms with Crippen LogP contribution in [0.25, 0.3) is 5.69 Å². The van der Waals surface area contributed by atoms with Gasteiger partial charge in [-0.3, -0.25) is 9.36 Å². The highest BCUT2D eigenvalue weighted by molar-refractivity contribution is 6.30. The van der Waals surface area contributed by atoms with Crippen molar-refractivity contribution in [3.05, 3.63) is 57.7 Å². The lowest BCUT2D eigenvalue weighted by atomic mass is 10.3. The number of carboxylic acid groups (broad SMARTS) is 1. The van der Waals surface area contributed by atoms with Gasteiger partial charge in [0, 0.05) is 17.4 Å². The average Bonchev–Trinajstić information content (AvgIpc) is 2.29. The highest BCUT2D eigenvalue weighted by Gasteiger charge is 2.12. The average molecular weight is 251 g/mol. The van der Waals surface area contributed by atoms with Gasteiger partial charge in [0.2, 0.25) is 5.69 Å². The van der Waals surface area contributed by atoms with Gasteiger partial charge in [0.15, 0.2) is 0 Å². The molecule has 0 spiro atoms. The molecular formula is C11H7ClN2O3. The number of aromatic nitrogens is 2. The second-order valence-corrected chi connectivity index (χ2v) is 3.67. The van der Waals surface area contributed by atoms with Crippen molar-refractivity contribution < 1.29 is 9.90 Å². The topological polar surface area (TPSA) is 72.2 Å². The minimum atomic E-state index is -1.36. The van der Waals surface area contributed by atoms with Crippen LogP contribution >= 0.6 is 11.6 Å². The molecule has 0 aliphatic carbocycles.